The first-order chi connectivity index (χ1) is 6.77. The van der Waals surface area contributed by atoms with Crippen LogP contribution in [0.3, 0.4) is 0 Å². The Kier molecular flexibility index (Phi) is 10.9. The first-order valence-electron chi connectivity index (χ1n) is 5.70. The lowest BCUT2D eigenvalue weighted by molar-refractivity contribution is -0.137. The quantitative estimate of drug-likeness (QED) is 0.450. The Labute approximate surface area is 89.3 Å². The fourth-order valence-corrected chi connectivity index (χ4v) is 2.52. The number of carboxylic acids is 1. The normalized spacial score (nSPS) is 11.2. The van der Waals surface area contributed by atoms with Gasteiger partial charge >= 0.3 is 5.97 Å². The Hall–Kier alpha value is -0.100. The zero-order valence-corrected chi connectivity index (χ0v) is 10.2. The van der Waals surface area contributed by atoms with Crippen LogP contribution in [0.1, 0.15) is 51.9 Å². The lowest BCUT2D eigenvalue weighted by Gasteiger charge is -2.00. The number of carbonyl (C=O) groups is 1. The van der Waals surface area contributed by atoms with Crippen molar-refractivity contribution in [3.63, 3.8) is 0 Å². The topological polar surface area (TPSA) is 37.3 Å². The van der Waals surface area contributed by atoms with Crippen molar-refractivity contribution in [1.29, 1.82) is 0 Å². The molecule has 0 rings (SSSR count). The van der Waals surface area contributed by atoms with Crippen molar-refractivity contribution in [1.82, 2.24) is 0 Å². The third-order valence-electron chi connectivity index (χ3n) is 2.20. The molecular formula is C11H23O2P. The van der Waals surface area contributed by atoms with Gasteiger partial charge in [0.2, 0.25) is 0 Å². The molecule has 0 aliphatic carbocycles. The molecule has 0 saturated carbocycles. The van der Waals surface area contributed by atoms with E-state index < -0.39 is 5.97 Å². The molecule has 1 unspecified atom stereocenters. The number of carboxylic acid groups (broad SMARTS) is 1. The highest BCUT2D eigenvalue weighted by Gasteiger charge is 1.95. The van der Waals surface area contributed by atoms with Crippen molar-refractivity contribution in [3.8, 4) is 0 Å². The monoisotopic (exact) mass is 218 g/mol. The molecule has 0 fully saturated rings. The van der Waals surface area contributed by atoms with E-state index in [0.717, 1.165) is 21.2 Å². The van der Waals surface area contributed by atoms with E-state index in [0.29, 0.717) is 6.42 Å². The van der Waals surface area contributed by atoms with E-state index in [1.54, 1.807) is 0 Å². The maximum Gasteiger partial charge on any atom is 0.303 e. The van der Waals surface area contributed by atoms with E-state index >= 15 is 0 Å². The van der Waals surface area contributed by atoms with Gasteiger partial charge in [-0.15, -0.1) is 8.58 Å². The van der Waals surface area contributed by atoms with Crippen LogP contribution < -0.4 is 0 Å². The van der Waals surface area contributed by atoms with E-state index in [1.807, 2.05) is 0 Å². The fraction of sp³-hybridized carbons (Fsp3) is 0.909. The van der Waals surface area contributed by atoms with Gasteiger partial charge in [0.25, 0.3) is 0 Å². The predicted molar refractivity (Wildman–Crippen MR) is 63.7 cm³/mol. The number of aliphatic carboxylic acids is 1. The number of rotatable bonds is 10. The molecule has 14 heavy (non-hydrogen) atoms. The van der Waals surface area contributed by atoms with Crippen LogP contribution in [0.2, 0.25) is 0 Å². The molecule has 0 amide bonds. The van der Waals surface area contributed by atoms with Crippen molar-refractivity contribution in [2.24, 2.45) is 0 Å². The van der Waals surface area contributed by atoms with Gasteiger partial charge in [-0.1, -0.05) is 32.6 Å². The highest BCUT2D eigenvalue weighted by Crippen LogP contribution is 2.16. The van der Waals surface area contributed by atoms with E-state index in [4.69, 9.17) is 5.11 Å². The minimum atomic E-state index is -0.655. The Morgan fingerprint density at radius 2 is 1.71 bits per heavy atom. The zero-order chi connectivity index (χ0) is 10.6. The summed E-state index contributed by atoms with van der Waals surface area (Å²) >= 11 is 0. The molecule has 1 N–H and O–H groups in total. The average Bonchev–Trinajstić information content (AvgIpc) is 2.15. The molecule has 0 saturated heterocycles. The minimum absolute atomic E-state index is 0.350. The second-order valence-electron chi connectivity index (χ2n) is 3.66. The Morgan fingerprint density at radius 1 is 1.07 bits per heavy atom. The summed E-state index contributed by atoms with van der Waals surface area (Å²) in [6, 6.07) is 0. The first-order valence-corrected chi connectivity index (χ1v) is 7.11. The third kappa shape index (κ3) is 11.9. The summed E-state index contributed by atoms with van der Waals surface area (Å²) in [5, 5.41) is 8.42. The molecule has 1 atom stereocenters. The molecule has 0 aromatic heterocycles. The van der Waals surface area contributed by atoms with E-state index in [-0.39, 0.29) is 0 Å². The minimum Gasteiger partial charge on any atom is -0.481 e. The summed E-state index contributed by atoms with van der Waals surface area (Å²) in [6.45, 7) is 2.23. The Balaban J connectivity index is 2.88. The summed E-state index contributed by atoms with van der Waals surface area (Å²) in [5.74, 6) is -0.655. The maximum absolute atomic E-state index is 10.2. The summed E-state index contributed by atoms with van der Waals surface area (Å²) in [5.41, 5.74) is 0. The van der Waals surface area contributed by atoms with Crippen molar-refractivity contribution < 1.29 is 9.90 Å². The van der Waals surface area contributed by atoms with E-state index in [9.17, 15) is 4.79 Å². The molecule has 0 spiro atoms. The maximum atomic E-state index is 10.2. The molecule has 3 heteroatoms. The number of unbranched alkanes of at least 4 members (excludes halogenated alkanes) is 4. The highest BCUT2D eigenvalue weighted by atomic mass is 31.1. The van der Waals surface area contributed by atoms with E-state index in [1.165, 1.54) is 38.3 Å². The van der Waals surface area contributed by atoms with Crippen molar-refractivity contribution >= 4 is 14.6 Å². The fourth-order valence-electron chi connectivity index (χ4n) is 1.34. The molecule has 0 aliphatic heterocycles. The first kappa shape index (κ1) is 13.9. The van der Waals surface area contributed by atoms with Gasteiger partial charge in [0, 0.05) is 6.42 Å². The van der Waals surface area contributed by atoms with Crippen LogP contribution in [0.5, 0.6) is 0 Å². The second-order valence-corrected chi connectivity index (χ2v) is 5.16. The predicted octanol–water partition coefficient (Wildman–Crippen LogP) is 3.50. The van der Waals surface area contributed by atoms with Gasteiger partial charge in [-0.25, -0.2) is 0 Å². The van der Waals surface area contributed by atoms with Crippen molar-refractivity contribution in [2.75, 3.05) is 12.3 Å². The van der Waals surface area contributed by atoms with Crippen molar-refractivity contribution in [3.05, 3.63) is 0 Å². The Bertz CT molecular complexity index is 137. The molecule has 84 valence electrons. The molecule has 0 bridgehead atoms. The van der Waals surface area contributed by atoms with Gasteiger partial charge in [0.05, 0.1) is 0 Å². The van der Waals surface area contributed by atoms with Crippen LogP contribution >= 0.6 is 8.58 Å². The number of hydrogen-bond donors (Lipinski definition) is 1. The molecule has 0 heterocycles. The van der Waals surface area contributed by atoms with Crippen LogP contribution in [0.4, 0.5) is 0 Å². The van der Waals surface area contributed by atoms with Gasteiger partial charge in [-0.05, 0) is 25.2 Å². The van der Waals surface area contributed by atoms with Gasteiger partial charge < -0.3 is 5.11 Å². The largest absolute Gasteiger partial charge is 0.481 e. The summed E-state index contributed by atoms with van der Waals surface area (Å²) < 4.78 is 0. The Morgan fingerprint density at radius 3 is 2.36 bits per heavy atom. The lowest BCUT2D eigenvalue weighted by atomic mass is 10.2. The molecule has 0 aliphatic rings. The summed E-state index contributed by atoms with van der Waals surface area (Å²) in [7, 11) is 0.980. The molecule has 0 aromatic rings. The molecule has 0 radical (unpaired) electrons. The highest BCUT2D eigenvalue weighted by molar-refractivity contribution is 7.37. The van der Waals surface area contributed by atoms with Gasteiger partial charge in [-0.2, -0.15) is 0 Å². The summed E-state index contributed by atoms with van der Waals surface area (Å²) in [6.07, 6.45) is 10.4. The third-order valence-corrected chi connectivity index (χ3v) is 3.62. The van der Waals surface area contributed by atoms with Gasteiger partial charge in [-0.3, -0.25) is 4.79 Å². The summed E-state index contributed by atoms with van der Waals surface area (Å²) in [4.78, 5) is 10.2. The molecule has 2 nitrogen and oxygen atoms in total. The van der Waals surface area contributed by atoms with Gasteiger partial charge in [0.1, 0.15) is 0 Å². The molecular weight excluding hydrogens is 195 g/mol. The SMILES string of the molecule is CCCCCCCPCCCC(=O)O. The smallest absolute Gasteiger partial charge is 0.303 e. The van der Waals surface area contributed by atoms with Crippen LogP contribution in [0, 0.1) is 0 Å². The lowest BCUT2D eigenvalue weighted by Crippen LogP contribution is -1.94. The van der Waals surface area contributed by atoms with Crippen LogP contribution in [-0.4, -0.2) is 23.4 Å². The standard InChI is InChI=1S/C11H23O2P/c1-2-3-4-5-6-9-14-10-7-8-11(12)13/h14H,2-10H2,1H3,(H,12,13). The van der Waals surface area contributed by atoms with Crippen LogP contribution in [0.15, 0.2) is 0 Å². The second kappa shape index (κ2) is 11.0. The van der Waals surface area contributed by atoms with E-state index in [2.05, 4.69) is 6.92 Å². The number of hydrogen-bond acceptors (Lipinski definition) is 1. The molecule has 0 aromatic carbocycles. The zero-order valence-electron chi connectivity index (χ0n) is 9.22. The van der Waals surface area contributed by atoms with Gasteiger partial charge in [0.15, 0.2) is 0 Å². The average molecular weight is 218 g/mol. The van der Waals surface area contributed by atoms with Crippen LogP contribution in [-0.2, 0) is 4.79 Å². The van der Waals surface area contributed by atoms with Crippen molar-refractivity contribution in [2.45, 2.75) is 51.9 Å². The van der Waals surface area contributed by atoms with Crippen LogP contribution in [0.25, 0.3) is 0 Å².